The number of aromatic nitrogens is 2. The van der Waals surface area contributed by atoms with Crippen LogP contribution in [0.1, 0.15) is 34.8 Å². The van der Waals surface area contributed by atoms with E-state index in [2.05, 4.69) is 32.4 Å². The van der Waals surface area contributed by atoms with Crippen LogP contribution in [0, 0.1) is 11.8 Å². The summed E-state index contributed by atoms with van der Waals surface area (Å²) in [4.78, 5) is 33.7. The van der Waals surface area contributed by atoms with Gasteiger partial charge in [0.2, 0.25) is 0 Å². The summed E-state index contributed by atoms with van der Waals surface area (Å²) in [5.41, 5.74) is 3.14. The molecule has 0 aliphatic rings. The Hall–Kier alpha value is -4.67. The van der Waals surface area contributed by atoms with E-state index in [-0.39, 0.29) is 12.5 Å². The number of rotatable bonds is 8. The van der Waals surface area contributed by atoms with Crippen LogP contribution in [0.4, 0.5) is 5.69 Å². The molecule has 1 aromatic heterocycles. The van der Waals surface area contributed by atoms with Crippen LogP contribution in [0.15, 0.2) is 85.2 Å². The van der Waals surface area contributed by atoms with Gasteiger partial charge >= 0.3 is 5.91 Å². The quantitative estimate of drug-likeness (QED) is 0.297. The number of nitrogens with zero attached hydrogens (tertiary/aromatic N) is 2. The number of hydrogen-bond donors (Lipinski definition) is 2. The molecule has 4 aromatic rings. The van der Waals surface area contributed by atoms with E-state index < -0.39 is 5.91 Å². The number of halogens is 1. The Morgan fingerprint density at radius 3 is 2.47 bits per heavy atom. The molecule has 3 aromatic carbocycles. The number of carbonyl (C=O) groups excluding carboxylic acids is 2. The molecule has 8 heteroatoms. The summed E-state index contributed by atoms with van der Waals surface area (Å²) in [6.07, 6.45) is 4.17. The number of nitrogens with one attached hydrogen (secondary N) is 2. The molecule has 2 N–H and O–H groups in total. The van der Waals surface area contributed by atoms with E-state index in [4.69, 9.17) is 16.3 Å². The van der Waals surface area contributed by atoms with Crippen molar-refractivity contribution in [3.05, 3.63) is 107 Å². The number of amides is 2. The van der Waals surface area contributed by atoms with Crippen LogP contribution in [-0.4, -0.2) is 28.4 Å². The average Bonchev–Trinajstić information content (AvgIpc) is 2.95. The van der Waals surface area contributed by atoms with E-state index in [9.17, 15) is 9.59 Å². The SMILES string of the molecule is CCCOc1ccc(NC(=O)C#Cc2ccccc2Cl)cc1CNC(=O)c1ccc(-c2ncccn2)cc1. The van der Waals surface area contributed by atoms with Crippen LogP contribution in [0.2, 0.25) is 5.02 Å². The number of hydrogen-bond acceptors (Lipinski definition) is 5. The van der Waals surface area contributed by atoms with Crippen molar-refractivity contribution in [1.29, 1.82) is 0 Å². The molecular weight excluding hydrogens is 500 g/mol. The van der Waals surface area contributed by atoms with Gasteiger partial charge in [-0.1, -0.05) is 48.7 Å². The second kappa shape index (κ2) is 13.0. The van der Waals surface area contributed by atoms with Crippen molar-refractivity contribution < 1.29 is 14.3 Å². The third-order valence-electron chi connectivity index (χ3n) is 5.38. The van der Waals surface area contributed by atoms with Gasteiger partial charge in [0.05, 0.1) is 11.6 Å². The Balaban J connectivity index is 1.44. The molecule has 0 aliphatic heterocycles. The zero-order chi connectivity index (χ0) is 26.7. The maximum absolute atomic E-state index is 12.8. The highest BCUT2D eigenvalue weighted by molar-refractivity contribution is 6.31. The highest BCUT2D eigenvalue weighted by Crippen LogP contribution is 2.24. The third-order valence-corrected chi connectivity index (χ3v) is 5.70. The maximum Gasteiger partial charge on any atom is 0.300 e. The van der Waals surface area contributed by atoms with Crippen LogP contribution >= 0.6 is 11.6 Å². The lowest BCUT2D eigenvalue weighted by Crippen LogP contribution is -2.23. The van der Waals surface area contributed by atoms with Crippen molar-refractivity contribution in [2.75, 3.05) is 11.9 Å². The Morgan fingerprint density at radius 2 is 1.74 bits per heavy atom. The molecule has 0 fully saturated rings. The normalized spacial score (nSPS) is 10.2. The van der Waals surface area contributed by atoms with Gasteiger partial charge in [0.15, 0.2) is 5.82 Å². The van der Waals surface area contributed by atoms with Gasteiger partial charge in [0, 0.05) is 52.8 Å². The standard InChI is InChI=1S/C30H25ClN4O3/c1-2-18-38-27-14-13-25(35-28(36)15-12-21-6-3-4-7-26(21)31)19-24(27)20-34-30(37)23-10-8-22(9-11-23)29-32-16-5-17-33-29/h3-11,13-14,16-17,19H,2,18,20H2,1H3,(H,34,37)(H,35,36). The minimum Gasteiger partial charge on any atom is -0.493 e. The maximum atomic E-state index is 12.8. The fourth-order valence-corrected chi connectivity index (χ4v) is 3.68. The first-order valence-corrected chi connectivity index (χ1v) is 12.4. The predicted octanol–water partition coefficient (Wildman–Crippen LogP) is 5.51. The zero-order valence-electron chi connectivity index (χ0n) is 20.7. The largest absolute Gasteiger partial charge is 0.493 e. The van der Waals surface area contributed by atoms with E-state index in [1.54, 1.807) is 85.2 Å². The van der Waals surface area contributed by atoms with Crippen molar-refractivity contribution in [2.45, 2.75) is 19.9 Å². The number of anilines is 1. The minimum absolute atomic E-state index is 0.205. The summed E-state index contributed by atoms with van der Waals surface area (Å²) in [5.74, 6) is 5.82. The number of ether oxygens (including phenoxy) is 1. The second-order valence-electron chi connectivity index (χ2n) is 8.19. The molecule has 1 heterocycles. The van der Waals surface area contributed by atoms with Crippen molar-refractivity contribution in [3.8, 4) is 29.0 Å². The number of benzene rings is 3. The van der Waals surface area contributed by atoms with E-state index >= 15 is 0 Å². The Labute approximate surface area is 226 Å². The molecule has 0 atom stereocenters. The van der Waals surface area contributed by atoms with E-state index in [0.717, 1.165) is 17.5 Å². The molecule has 2 amide bonds. The van der Waals surface area contributed by atoms with Gasteiger partial charge in [-0.05, 0) is 55.0 Å². The molecule has 4 rings (SSSR count). The Kier molecular flexibility index (Phi) is 9.06. The summed E-state index contributed by atoms with van der Waals surface area (Å²) in [7, 11) is 0. The average molecular weight is 525 g/mol. The molecule has 0 unspecified atom stereocenters. The molecule has 0 aliphatic carbocycles. The zero-order valence-corrected chi connectivity index (χ0v) is 21.5. The number of carbonyl (C=O) groups is 2. The lowest BCUT2D eigenvalue weighted by Gasteiger charge is -2.14. The van der Waals surface area contributed by atoms with Crippen LogP contribution in [0.3, 0.4) is 0 Å². The Bertz CT molecular complexity index is 1480. The summed E-state index contributed by atoms with van der Waals surface area (Å²) in [6.45, 7) is 2.74. The van der Waals surface area contributed by atoms with Crippen molar-refractivity contribution in [2.24, 2.45) is 0 Å². The summed E-state index contributed by atoms with van der Waals surface area (Å²) in [5, 5.41) is 6.16. The van der Waals surface area contributed by atoms with Gasteiger partial charge in [-0.25, -0.2) is 9.97 Å². The summed E-state index contributed by atoms with van der Waals surface area (Å²) < 4.78 is 5.85. The first-order valence-electron chi connectivity index (χ1n) is 12.0. The monoisotopic (exact) mass is 524 g/mol. The lowest BCUT2D eigenvalue weighted by molar-refractivity contribution is -0.111. The molecule has 38 heavy (non-hydrogen) atoms. The van der Waals surface area contributed by atoms with Crippen molar-refractivity contribution in [3.63, 3.8) is 0 Å². The summed E-state index contributed by atoms with van der Waals surface area (Å²) in [6, 6.07) is 21.1. The smallest absolute Gasteiger partial charge is 0.300 e. The van der Waals surface area contributed by atoms with Gasteiger partial charge in [0.25, 0.3) is 5.91 Å². The fourth-order valence-electron chi connectivity index (χ4n) is 3.49. The lowest BCUT2D eigenvalue weighted by atomic mass is 10.1. The van der Waals surface area contributed by atoms with Crippen LogP contribution in [0.5, 0.6) is 5.75 Å². The first kappa shape index (κ1) is 26.4. The minimum atomic E-state index is -0.482. The van der Waals surface area contributed by atoms with Crippen LogP contribution in [0.25, 0.3) is 11.4 Å². The van der Waals surface area contributed by atoms with Crippen molar-refractivity contribution in [1.82, 2.24) is 15.3 Å². The van der Waals surface area contributed by atoms with Gasteiger partial charge in [-0.3, -0.25) is 9.59 Å². The highest BCUT2D eigenvalue weighted by Gasteiger charge is 2.11. The molecule has 0 saturated carbocycles. The van der Waals surface area contributed by atoms with Gasteiger partial charge in [-0.2, -0.15) is 0 Å². The molecule has 0 radical (unpaired) electrons. The highest BCUT2D eigenvalue weighted by atomic mass is 35.5. The first-order chi connectivity index (χ1) is 18.5. The fraction of sp³-hybridized carbons (Fsp3) is 0.133. The summed E-state index contributed by atoms with van der Waals surface area (Å²) >= 11 is 6.10. The van der Waals surface area contributed by atoms with Gasteiger partial charge in [-0.15, -0.1) is 0 Å². The third kappa shape index (κ3) is 7.19. The molecule has 0 spiro atoms. The van der Waals surface area contributed by atoms with Gasteiger partial charge in [0.1, 0.15) is 5.75 Å². The van der Waals surface area contributed by atoms with E-state index in [1.807, 2.05) is 6.92 Å². The molecule has 190 valence electrons. The van der Waals surface area contributed by atoms with E-state index in [1.165, 1.54) is 0 Å². The molecular formula is C30H25ClN4O3. The second-order valence-corrected chi connectivity index (χ2v) is 8.59. The van der Waals surface area contributed by atoms with E-state index in [0.29, 0.717) is 40.0 Å². The van der Waals surface area contributed by atoms with Crippen LogP contribution < -0.4 is 15.4 Å². The van der Waals surface area contributed by atoms with Crippen molar-refractivity contribution >= 4 is 29.1 Å². The predicted molar refractivity (Wildman–Crippen MR) is 148 cm³/mol. The van der Waals surface area contributed by atoms with Crippen LogP contribution in [-0.2, 0) is 11.3 Å². The topological polar surface area (TPSA) is 93.2 Å². The van der Waals surface area contributed by atoms with Gasteiger partial charge < -0.3 is 15.4 Å². The Morgan fingerprint density at radius 1 is 0.974 bits per heavy atom. The molecule has 7 nitrogen and oxygen atoms in total. The molecule has 0 bridgehead atoms. The molecule has 0 saturated heterocycles.